The SMILES string of the molecule is Nc1ccc2cnncc2c1. The van der Waals surface area contributed by atoms with Gasteiger partial charge in [-0.3, -0.25) is 0 Å². The summed E-state index contributed by atoms with van der Waals surface area (Å²) in [5.74, 6) is 0. The first-order valence-corrected chi connectivity index (χ1v) is 3.32. The minimum absolute atomic E-state index is 0.755. The maximum atomic E-state index is 5.58. The lowest BCUT2D eigenvalue weighted by atomic mass is 10.2. The van der Waals surface area contributed by atoms with Crippen molar-refractivity contribution in [1.29, 1.82) is 0 Å². The van der Waals surface area contributed by atoms with Crippen LogP contribution in [-0.4, -0.2) is 10.2 Å². The van der Waals surface area contributed by atoms with Crippen LogP contribution in [0.1, 0.15) is 0 Å². The lowest BCUT2D eigenvalue weighted by Gasteiger charge is -1.95. The summed E-state index contributed by atoms with van der Waals surface area (Å²) in [6.45, 7) is 0. The van der Waals surface area contributed by atoms with E-state index in [0.717, 1.165) is 16.5 Å². The van der Waals surface area contributed by atoms with E-state index in [1.165, 1.54) is 0 Å². The molecule has 1 aromatic carbocycles. The smallest absolute Gasteiger partial charge is 0.0575 e. The van der Waals surface area contributed by atoms with E-state index in [9.17, 15) is 0 Å². The molecule has 0 saturated carbocycles. The summed E-state index contributed by atoms with van der Waals surface area (Å²) in [7, 11) is 0. The maximum Gasteiger partial charge on any atom is 0.0575 e. The van der Waals surface area contributed by atoms with Gasteiger partial charge in [-0.15, -0.1) is 0 Å². The number of rotatable bonds is 0. The number of anilines is 1. The predicted octanol–water partition coefficient (Wildman–Crippen LogP) is 1.21. The molecule has 1 heterocycles. The van der Waals surface area contributed by atoms with Crippen molar-refractivity contribution in [2.45, 2.75) is 0 Å². The zero-order valence-electron chi connectivity index (χ0n) is 5.86. The van der Waals surface area contributed by atoms with Crippen LogP contribution >= 0.6 is 0 Å². The first kappa shape index (κ1) is 6.09. The molecule has 0 aliphatic heterocycles. The number of fused-ring (bicyclic) bond motifs is 1. The highest BCUT2D eigenvalue weighted by molar-refractivity contribution is 5.83. The van der Waals surface area contributed by atoms with Crippen molar-refractivity contribution in [3.8, 4) is 0 Å². The van der Waals surface area contributed by atoms with Crippen molar-refractivity contribution < 1.29 is 0 Å². The average Bonchev–Trinajstić information content (AvgIpc) is 2.04. The Morgan fingerprint density at radius 3 is 2.55 bits per heavy atom. The minimum Gasteiger partial charge on any atom is -0.399 e. The molecule has 0 radical (unpaired) electrons. The molecular weight excluding hydrogens is 138 g/mol. The number of benzene rings is 1. The van der Waals surface area contributed by atoms with Crippen molar-refractivity contribution in [2.75, 3.05) is 5.73 Å². The van der Waals surface area contributed by atoms with Gasteiger partial charge in [-0.1, -0.05) is 6.07 Å². The summed E-state index contributed by atoms with van der Waals surface area (Å²) in [5.41, 5.74) is 6.33. The van der Waals surface area contributed by atoms with Crippen LogP contribution in [0.15, 0.2) is 30.6 Å². The fraction of sp³-hybridized carbons (Fsp3) is 0. The molecule has 3 heteroatoms. The van der Waals surface area contributed by atoms with Crippen molar-refractivity contribution >= 4 is 16.5 Å². The Morgan fingerprint density at radius 1 is 1.00 bits per heavy atom. The van der Waals surface area contributed by atoms with Gasteiger partial charge in [-0.2, -0.15) is 10.2 Å². The van der Waals surface area contributed by atoms with Crippen molar-refractivity contribution in [1.82, 2.24) is 10.2 Å². The predicted molar refractivity (Wildman–Crippen MR) is 44.0 cm³/mol. The van der Waals surface area contributed by atoms with Crippen LogP contribution in [0.2, 0.25) is 0 Å². The molecule has 2 rings (SSSR count). The lowest BCUT2D eigenvalue weighted by molar-refractivity contribution is 1.05. The Kier molecular flexibility index (Phi) is 1.22. The van der Waals surface area contributed by atoms with E-state index in [2.05, 4.69) is 10.2 Å². The lowest BCUT2D eigenvalue weighted by Crippen LogP contribution is -1.85. The Hall–Kier alpha value is -1.64. The van der Waals surface area contributed by atoms with E-state index in [4.69, 9.17) is 5.73 Å². The highest BCUT2D eigenvalue weighted by Crippen LogP contribution is 2.13. The summed E-state index contributed by atoms with van der Waals surface area (Å²) in [4.78, 5) is 0. The molecule has 0 spiro atoms. The van der Waals surface area contributed by atoms with Gasteiger partial charge in [0, 0.05) is 16.5 Å². The van der Waals surface area contributed by atoms with Crippen LogP contribution in [-0.2, 0) is 0 Å². The molecule has 54 valence electrons. The van der Waals surface area contributed by atoms with E-state index in [1.807, 2.05) is 18.2 Å². The molecule has 0 aliphatic rings. The second kappa shape index (κ2) is 2.20. The van der Waals surface area contributed by atoms with Crippen LogP contribution < -0.4 is 5.73 Å². The van der Waals surface area contributed by atoms with Crippen LogP contribution in [0.3, 0.4) is 0 Å². The number of aromatic nitrogens is 2. The molecule has 0 saturated heterocycles. The monoisotopic (exact) mass is 145 g/mol. The van der Waals surface area contributed by atoms with E-state index in [0.29, 0.717) is 0 Å². The number of nitrogen functional groups attached to an aromatic ring is 1. The third-order valence-electron chi connectivity index (χ3n) is 1.57. The fourth-order valence-corrected chi connectivity index (χ4v) is 1.01. The number of nitrogens with zero attached hydrogens (tertiary/aromatic N) is 2. The summed E-state index contributed by atoms with van der Waals surface area (Å²) in [5, 5.41) is 9.59. The second-order valence-corrected chi connectivity index (χ2v) is 2.38. The minimum atomic E-state index is 0.755. The number of nitrogens with two attached hydrogens (primary N) is 1. The van der Waals surface area contributed by atoms with Gasteiger partial charge in [0.2, 0.25) is 0 Å². The zero-order valence-corrected chi connectivity index (χ0v) is 5.86. The van der Waals surface area contributed by atoms with Gasteiger partial charge in [-0.05, 0) is 12.1 Å². The van der Waals surface area contributed by atoms with E-state index >= 15 is 0 Å². The normalized spacial score (nSPS) is 10.2. The maximum absolute atomic E-state index is 5.58. The van der Waals surface area contributed by atoms with Crippen molar-refractivity contribution in [3.05, 3.63) is 30.6 Å². The fourth-order valence-electron chi connectivity index (χ4n) is 1.01. The molecule has 2 N–H and O–H groups in total. The van der Waals surface area contributed by atoms with E-state index in [-0.39, 0.29) is 0 Å². The molecule has 11 heavy (non-hydrogen) atoms. The number of hydrogen-bond donors (Lipinski definition) is 1. The standard InChI is InChI=1S/C8H7N3/c9-8-2-1-6-4-10-11-5-7(6)3-8/h1-5H,9H2. The molecule has 0 amide bonds. The molecule has 2 aromatic rings. The summed E-state index contributed by atoms with van der Waals surface area (Å²) in [6, 6.07) is 5.66. The first-order chi connectivity index (χ1) is 5.36. The van der Waals surface area contributed by atoms with Gasteiger partial charge < -0.3 is 5.73 Å². The van der Waals surface area contributed by atoms with Gasteiger partial charge >= 0.3 is 0 Å². The molecule has 0 aliphatic carbocycles. The van der Waals surface area contributed by atoms with Gasteiger partial charge in [0.1, 0.15) is 0 Å². The van der Waals surface area contributed by atoms with Crippen LogP contribution in [0, 0.1) is 0 Å². The highest BCUT2D eigenvalue weighted by atomic mass is 15.1. The van der Waals surface area contributed by atoms with E-state index < -0.39 is 0 Å². The third-order valence-corrected chi connectivity index (χ3v) is 1.57. The van der Waals surface area contributed by atoms with Gasteiger partial charge in [-0.25, -0.2) is 0 Å². The summed E-state index contributed by atoms with van der Waals surface area (Å²) >= 11 is 0. The molecule has 0 atom stereocenters. The van der Waals surface area contributed by atoms with Crippen molar-refractivity contribution in [3.63, 3.8) is 0 Å². The van der Waals surface area contributed by atoms with E-state index in [1.54, 1.807) is 12.4 Å². The molecule has 0 unspecified atom stereocenters. The summed E-state index contributed by atoms with van der Waals surface area (Å²) < 4.78 is 0. The molecular formula is C8H7N3. The third kappa shape index (κ3) is 1.00. The summed E-state index contributed by atoms with van der Waals surface area (Å²) in [6.07, 6.45) is 3.42. The quantitative estimate of drug-likeness (QED) is 0.567. The molecule has 0 bridgehead atoms. The molecule has 1 aromatic heterocycles. The van der Waals surface area contributed by atoms with Crippen LogP contribution in [0.4, 0.5) is 5.69 Å². The van der Waals surface area contributed by atoms with Gasteiger partial charge in [0.15, 0.2) is 0 Å². The van der Waals surface area contributed by atoms with Gasteiger partial charge in [0.05, 0.1) is 12.4 Å². The Balaban J connectivity index is 2.83. The largest absolute Gasteiger partial charge is 0.399 e. The molecule has 3 nitrogen and oxygen atoms in total. The number of hydrogen-bond acceptors (Lipinski definition) is 3. The highest BCUT2D eigenvalue weighted by Gasteiger charge is 1.91. The topological polar surface area (TPSA) is 51.8 Å². The zero-order chi connectivity index (χ0) is 7.68. The van der Waals surface area contributed by atoms with Crippen LogP contribution in [0.5, 0.6) is 0 Å². The Labute approximate surface area is 63.9 Å². The van der Waals surface area contributed by atoms with Crippen molar-refractivity contribution in [2.24, 2.45) is 0 Å². The van der Waals surface area contributed by atoms with Gasteiger partial charge in [0.25, 0.3) is 0 Å². The Morgan fingerprint density at radius 2 is 1.73 bits per heavy atom. The average molecular weight is 145 g/mol. The van der Waals surface area contributed by atoms with Crippen LogP contribution in [0.25, 0.3) is 10.8 Å². The molecule has 0 fully saturated rings. The first-order valence-electron chi connectivity index (χ1n) is 3.32. The second-order valence-electron chi connectivity index (χ2n) is 2.38. The Bertz CT molecular complexity index is 384.